The molecule has 0 spiro atoms. The van der Waals surface area contributed by atoms with Crippen molar-refractivity contribution in [2.24, 2.45) is 10.9 Å². The van der Waals surface area contributed by atoms with Crippen LogP contribution in [-0.4, -0.2) is 68.2 Å². The first kappa shape index (κ1) is 20.8. The van der Waals surface area contributed by atoms with Crippen molar-refractivity contribution < 1.29 is 4.74 Å². The van der Waals surface area contributed by atoms with Crippen LogP contribution in [0, 0.1) is 5.92 Å². The van der Waals surface area contributed by atoms with Crippen molar-refractivity contribution >= 4 is 17.6 Å². The maximum atomic E-state index is 5.93. The Morgan fingerprint density at radius 3 is 2.65 bits per heavy atom. The molecule has 6 heteroatoms. The normalized spacial score (nSPS) is 19.1. The molecule has 1 heterocycles. The summed E-state index contributed by atoms with van der Waals surface area (Å²) < 4.78 is 5.93. The number of benzene rings is 1. The summed E-state index contributed by atoms with van der Waals surface area (Å²) in [6, 6.07) is 7.48. The molecule has 0 aromatic heterocycles. The Morgan fingerprint density at radius 2 is 2.04 bits per heavy atom. The number of halogens is 1. The van der Waals surface area contributed by atoms with E-state index in [-0.39, 0.29) is 6.10 Å². The fourth-order valence-electron chi connectivity index (χ4n) is 3.38. The molecule has 0 amide bonds. The van der Waals surface area contributed by atoms with Gasteiger partial charge in [-0.2, -0.15) is 0 Å². The lowest BCUT2D eigenvalue weighted by Crippen LogP contribution is -2.44. The Hall–Kier alpha value is -1.46. The molecule has 26 heavy (non-hydrogen) atoms. The fourth-order valence-corrected chi connectivity index (χ4v) is 3.50. The zero-order valence-electron chi connectivity index (χ0n) is 16.5. The summed E-state index contributed by atoms with van der Waals surface area (Å²) >= 11 is 5.91. The van der Waals surface area contributed by atoms with E-state index >= 15 is 0 Å². The first-order valence-electron chi connectivity index (χ1n) is 9.65. The predicted molar refractivity (Wildman–Crippen MR) is 110 cm³/mol. The standard InChI is InChI=1S/C20H33ClN4O/c1-5-24(6-2)14-17-11-12-25(15-17)20(22-4)23-13-16(3)26-19-9-7-18(21)8-10-19/h7-10,16-17H,5-6,11-15H2,1-4H3,(H,22,23). The quantitative estimate of drug-likeness (QED) is 0.554. The summed E-state index contributed by atoms with van der Waals surface area (Å²) in [6.45, 7) is 12.8. The average Bonchev–Trinajstić information content (AvgIpc) is 3.10. The van der Waals surface area contributed by atoms with E-state index in [4.69, 9.17) is 16.3 Å². The maximum Gasteiger partial charge on any atom is 0.193 e. The van der Waals surface area contributed by atoms with E-state index in [0.717, 1.165) is 48.8 Å². The van der Waals surface area contributed by atoms with E-state index < -0.39 is 0 Å². The Kier molecular flexibility index (Phi) is 8.52. The summed E-state index contributed by atoms with van der Waals surface area (Å²) in [4.78, 5) is 9.33. The third-order valence-electron chi connectivity index (χ3n) is 4.91. The SMILES string of the molecule is CCN(CC)CC1CCN(C(=NC)NCC(C)Oc2ccc(Cl)cc2)C1. The second-order valence-corrected chi connectivity index (χ2v) is 7.33. The van der Waals surface area contributed by atoms with Crippen molar-refractivity contribution in [3.63, 3.8) is 0 Å². The Bertz CT molecular complexity index is 559. The molecular formula is C20H33ClN4O. The summed E-state index contributed by atoms with van der Waals surface area (Å²) in [6.07, 6.45) is 1.27. The van der Waals surface area contributed by atoms with E-state index in [0.29, 0.717) is 6.54 Å². The summed E-state index contributed by atoms with van der Waals surface area (Å²) in [7, 11) is 1.85. The molecular weight excluding hydrogens is 348 g/mol. The molecule has 146 valence electrons. The van der Waals surface area contributed by atoms with Crippen LogP contribution >= 0.6 is 11.6 Å². The van der Waals surface area contributed by atoms with Gasteiger partial charge in [-0.1, -0.05) is 25.4 Å². The molecule has 0 saturated carbocycles. The molecule has 2 unspecified atom stereocenters. The largest absolute Gasteiger partial charge is 0.489 e. The number of hydrogen-bond donors (Lipinski definition) is 1. The first-order valence-corrected chi connectivity index (χ1v) is 10.0. The zero-order chi connectivity index (χ0) is 18.9. The smallest absolute Gasteiger partial charge is 0.193 e. The topological polar surface area (TPSA) is 40.1 Å². The molecule has 5 nitrogen and oxygen atoms in total. The van der Waals surface area contributed by atoms with Crippen molar-refractivity contribution in [3.05, 3.63) is 29.3 Å². The minimum absolute atomic E-state index is 0.0435. The van der Waals surface area contributed by atoms with Gasteiger partial charge in [0.2, 0.25) is 0 Å². The minimum Gasteiger partial charge on any atom is -0.489 e. The maximum absolute atomic E-state index is 5.93. The van der Waals surface area contributed by atoms with Crippen LogP contribution in [0.15, 0.2) is 29.3 Å². The van der Waals surface area contributed by atoms with E-state index in [1.54, 1.807) is 0 Å². The molecule has 1 N–H and O–H groups in total. The second kappa shape index (κ2) is 10.6. The van der Waals surface area contributed by atoms with Crippen molar-refractivity contribution in [3.8, 4) is 5.75 Å². The lowest BCUT2D eigenvalue weighted by molar-refractivity contribution is 0.222. The molecule has 0 aliphatic carbocycles. The van der Waals surface area contributed by atoms with Gasteiger partial charge >= 0.3 is 0 Å². The van der Waals surface area contributed by atoms with Crippen LogP contribution in [0.2, 0.25) is 5.02 Å². The van der Waals surface area contributed by atoms with Crippen LogP contribution in [0.3, 0.4) is 0 Å². The molecule has 0 radical (unpaired) electrons. The van der Waals surface area contributed by atoms with Gasteiger partial charge in [-0.3, -0.25) is 4.99 Å². The lowest BCUT2D eigenvalue weighted by atomic mass is 10.1. The molecule has 1 saturated heterocycles. The highest BCUT2D eigenvalue weighted by molar-refractivity contribution is 6.30. The van der Waals surface area contributed by atoms with Gasteiger partial charge in [0.25, 0.3) is 0 Å². The molecule has 2 rings (SSSR count). The number of nitrogens with one attached hydrogen (secondary N) is 1. The van der Waals surface area contributed by atoms with Crippen molar-refractivity contribution in [1.82, 2.24) is 15.1 Å². The third-order valence-corrected chi connectivity index (χ3v) is 5.16. The summed E-state index contributed by atoms with van der Waals surface area (Å²) in [5, 5.41) is 4.18. The van der Waals surface area contributed by atoms with Crippen molar-refractivity contribution in [2.75, 3.05) is 46.3 Å². The number of nitrogens with zero attached hydrogens (tertiary/aromatic N) is 3. The van der Waals surface area contributed by atoms with Gasteiger partial charge in [0.05, 0.1) is 6.54 Å². The van der Waals surface area contributed by atoms with Crippen LogP contribution in [0.4, 0.5) is 0 Å². The Balaban J connectivity index is 1.77. The van der Waals surface area contributed by atoms with Crippen LogP contribution in [0.5, 0.6) is 5.75 Å². The number of hydrogen-bond acceptors (Lipinski definition) is 3. The van der Waals surface area contributed by atoms with Crippen molar-refractivity contribution in [1.29, 1.82) is 0 Å². The van der Waals surface area contributed by atoms with Crippen LogP contribution < -0.4 is 10.1 Å². The number of aliphatic imine (C=N–C) groups is 1. The highest BCUT2D eigenvalue weighted by atomic mass is 35.5. The monoisotopic (exact) mass is 380 g/mol. The van der Waals surface area contributed by atoms with Gasteiger partial charge in [0, 0.05) is 31.7 Å². The third kappa shape index (κ3) is 6.36. The first-order chi connectivity index (χ1) is 12.5. The van der Waals surface area contributed by atoms with Gasteiger partial charge in [0.1, 0.15) is 11.9 Å². The molecule has 1 fully saturated rings. The average molecular weight is 381 g/mol. The summed E-state index contributed by atoms with van der Waals surface area (Å²) in [5.41, 5.74) is 0. The Labute approximate surface area is 163 Å². The number of guanidine groups is 1. The van der Waals surface area contributed by atoms with E-state index in [2.05, 4.69) is 40.9 Å². The van der Waals surface area contributed by atoms with Crippen LogP contribution in [0.25, 0.3) is 0 Å². The van der Waals surface area contributed by atoms with Gasteiger partial charge < -0.3 is 19.9 Å². The molecule has 1 aromatic carbocycles. The molecule has 1 aliphatic heterocycles. The highest BCUT2D eigenvalue weighted by Gasteiger charge is 2.26. The van der Waals surface area contributed by atoms with E-state index in [1.165, 1.54) is 13.0 Å². The van der Waals surface area contributed by atoms with Gasteiger partial charge in [-0.05, 0) is 56.6 Å². The number of rotatable bonds is 8. The number of ether oxygens (including phenoxy) is 1. The second-order valence-electron chi connectivity index (χ2n) is 6.90. The van der Waals surface area contributed by atoms with Crippen LogP contribution in [-0.2, 0) is 0 Å². The predicted octanol–water partition coefficient (Wildman–Crippen LogP) is 3.35. The molecule has 0 bridgehead atoms. The fraction of sp³-hybridized carbons (Fsp3) is 0.650. The van der Waals surface area contributed by atoms with E-state index in [1.807, 2.05) is 31.3 Å². The van der Waals surface area contributed by atoms with Gasteiger partial charge in [-0.15, -0.1) is 0 Å². The van der Waals surface area contributed by atoms with Crippen LogP contribution in [0.1, 0.15) is 27.2 Å². The lowest BCUT2D eigenvalue weighted by Gasteiger charge is -2.25. The molecule has 2 atom stereocenters. The Morgan fingerprint density at radius 1 is 1.35 bits per heavy atom. The zero-order valence-corrected chi connectivity index (χ0v) is 17.3. The summed E-state index contributed by atoms with van der Waals surface area (Å²) in [5.74, 6) is 2.52. The minimum atomic E-state index is 0.0435. The van der Waals surface area contributed by atoms with Crippen molar-refractivity contribution in [2.45, 2.75) is 33.3 Å². The molecule has 1 aliphatic rings. The van der Waals surface area contributed by atoms with Gasteiger partial charge in [-0.25, -0.2) is 0 Å². The van der Waals surface area contributed by atoms with E-state index in [9.17, 15) is 0 Å². The number of likely N-dealkylation sites (tertiary alicyclic amines) is 1. The molecule has 1 aromatic rings. The highest BCUT2D eigenvalue weighted by Crippen LogP contribution is 2.18. The van der Waals surface area contributed by atoms with Gasteiger partial charge in [0.15, 0.2) is 5.96 Å².